The van der Waals surface area contributed by atoms with Crippen molar-refractivity contribution < 1.29 is 14.9 Å². The lowest BCUT2D eigenvalue weighted by Crippen LogP contribution is -2.03. The number of allylic oxidation sites excluding steroid dienone is 1. The van der Waals surface area contributed by atoms with Gasteiger partial charge >= 0.3 is 0 Å². The van der Waals surface area contributed by atoms with Crippen LogP contribution in [-0.2, 0) is 4.74 Å². The summed E-state index contributed by atoms with van der Waals surface area (Å²) >= 11 is 0. The van der Waals surface area contributed by atoms with Gasteiger partial charge in [0.15, 0.2) is 0 Å². The predicted molar refractivity (Wildman–Crippen MR) is 44.9 cm³/mol. The average Bonchev–Trinajstić information content (AvgIpc) is 2.02. The molecule has 0 radical (unpaired) electrons. The van der Waals surface area contributed by atoms with Gasteiger partial charge in [-0.1, -0.05) is 12.7 Å². The number of hydrogen-bond acceptors (Lipinski definition) is 3. The number of hydrogen-bond donors (Lipinski definition) is 2. The van der Waals surface area contributed by atoms with Crippen LogP contribution in [0.2, 0.25) is 0 Å². The quantitative estimate of drug-likeness (QED) is 0.606. The molecule has 0 heterocycles. The van der Waals surface area contributed by atoms with Crippen LogP contribution in [0.1, 0.15) is 13.8 Å². The van der Waals surface area contributed by atoms with E-state index in [9.17, 15) is 0 Å². The summed E-state index contributed by atoms with van der Waals surface area (Å²) in [6.07, 6.45) is 4.17. The van der Waals surface area contributed by atoms with Crippen LogP contribution in [0.5, 0.6) is 0 Å². The van der Waals surface area contributed by atoms with E-state index in [2.05, 4.69) is 11.3 Å². The largest absolute Gasteiger partial charge is 0.474 e. The van der Waals surface area contributed by atoms with Crippen molar-refractivity contribution in [3.63, 3.8) is 0 Å². The van der Waals surface area contributed by atoms with Crippen LogP contribution < -0.4 is 0 Å². The van der Waals surface area contributed by atoms with Gasteiger partial charge in [0.05, 0.1) is 25.2 Å². The lowest BCUT2D eigenvalue weighted by atomic mass is 10.5. The maximum atomic E-state index is 8.11. The van der Waals surface area contributed by atoms with Gasteiger partial charge in [-0.05, 0) is 13.8 Å². The summed E-state index contributed by atoms with van der Waals surface area (Å²) in [5.41, 5.74) is 0. The molecule has 0 aliphatic carbocycles. The Bertz CT molecular complexity index is 97.5. The Morgan fingerprint density at radius 3 is 2.18 bits per heavy atom. The molecule has 0 aromatic carbocycles. The molecule has 1 atom stereocenters. The Hall–Kier alpha value is -0.800. The molecule has 3 nitrogen and oxygen atoms in total. The van der Waals surface area contributed by atoms with Crippen molar-refractivity contribution in [2.45, 2.75) is 20.0 Å². The molecule has 1 unspecified atom stereocenters. The van der Waals surface area contributed by atoms with E-state index in [1.54, 1.807) is 12.3 Å². The van der Waals surface area contributed by atoms with Gasteiger partial charge in [0.1, 0.15) is 0 Å². The second-order valence-corrected chi connectivity index (χ2v) is 1.80. The van der Waals surface area contributed by atoms with Crippen LogP contribution in [0.3, 0.4) is 0 Å². The van der Waals surface area contributed by atoms with Crippen molar-refractivity contribution in [3.8, 4) is 0 Å². The van der Waals surface area contributed by atoms with E-state index in [1.807, 2.05) is 6.92 Å². The molecule has 0 spiro atoms. The third-order valence-corrected chi connectivity index (χ3v) is 0.575. The summed E-state index contributed by atoms with van der Waals surface area (Å²) in [7, 11) is 0. The van der Waals surface area contributed by atoms with Gasteiger partial charge < -0.3 is 14.9 Å². The van der Waals surface area contributed by atoms with E-state index in [0.29, 0.717) is 0 Å². The number of aliphatic hydroxyl groups is 2. The van der Waals surface area contributed by atoms with Gasteiger partial charge in [0.25, 0.3) is 0 Å². The second-order valence-electron chi connectivity index (χ2n) is 1.80. The first kappa shape index (κ1) is 12.8. The van der Waals surface area contributed by atoms with Gasteiger partial charge in [-0.2, -0.15) is 0 Å². The van der Waals surface area contributed by atoms with Gasteiger partial charge in [0.2, 0.25) is 0 Å². The fraction of sp³-hybridized carbons (Fsp3) is 0.500. The Balaban J connectivity index is 0. The molecule has 0 saturated carbocycles. The highest BCUT2D eigenvalue weighted by atomic mass is 16.5. The molecule has 0 rings (SSSR count). The number of ether oxygens (including phenoxy) is 1. The lowest BCUT2D eigenvalue weighted by Gasteiger charge is -1.90. The zero-order valence-corrected chi connectivity index (χ0v) is 7.03. The second kappa shape index (κ2) is 11.9. The van der Waals surface area contributed by atoms with Crippen molar-refractivity contribution in [2.24, 2.45) is 0 Å². The first-order valence-electron chi connectivity index (χ1n) is 3.35. The van der Waals surface area contributed by atoms with Gasteiger partial charge in [-0.25, -0.2) is 0 Å². The normalized spacial score (nSPS) is 11.6. The van der Waals surface area contributed by atoms with Crippen LogP contribution in [0, 0.1) is 0 Å². The molecule has 3 heteroatoms. The van der Waals surface area contributed by atoms with Gasteiger partial charge in [0, 0.05) is 0 Å². The minimum atomic E-state index is -0.560. The molecular formula is C8H16O3. The van der Waals surface area contributed by atoms with E-state index >= 15 is 0 Å². The molecule has 0 bridgehead atoms. The van der Waals surface area contributed by atoms with Crippen LogP contribution in [0.25, 0.3) is 0 Å². The first-order valence-corrected chi connectivity index (χ1v) is 3.35. The Morgan fingerprint density at radius 2 is 2.09 bits per heavy atom. The molecule has 2 N–H and O–H groups in total. The van der Waals surface area contributed by atoms with E-state index in [-0.39, 0.29) is 6.61 Å². The van der Waals surface area contributed by atoms with E-state index < -0.39 is 6.10 Å². The predicted octanol–water partition coefficient (Wildman–Crippen LogP) is 1.04. The smallest absolute Gasteiger partial charge is 0.0858 e. The molecule has 0 saturated heterocycles. The monoisotopic (exact) mass is 160 g/mol. The highest BCUT2D eigenvalue weighted by molar-refractivity contribution is 4.68. The summed E-state index contributed by atoms with van der Waals surface area (Å²) in [5.74, 6) is 0. The zero-order chi connectivity index (χ0) is 9.11. The lowest BCUT2D eigenvalue weighted by molar-refractivity contribution is 0.110. The fourth-order valence-electron chi connectivity index (χ4n) is 0.134. The highest BCUT2D eigenvalue weighted by Crippen LogP contribution is 1.72. The molecule has 0 aliphatic rings. The molecule has 66 valence electrons. The summed E-state index contributed by atoms with van der Waals surface area (Å²) in [6, 6.07) is 0. The standard InChI is InChI=1S/C5H8O.C3H8O2/c1-3-5-6-4-2;1-3(5)2-4/h3-5H,2H2,1H3;3-5H,2H2,1H3/b5-3-;. The third kappa shape index (κ3) is 27.0. The fourth-order valence-corrected chi connectivity index (χ4v) is 0.134. The number of rotatable bonds is 3. The van der Waals surface area contributed by atoms with Gasteiger partial charge in [-0.3, -0.25) is 0 Å². The summed E-state index contributed by atoms with van der Waals surface area (Å²) in [4.78, 5) is 0. The molecule has 0 aliphatic heterocycles. The molecule has 11 heavy (non-hydrogen) atoms. The van der Waals surface area contributed by atoms with Gasteiger partial charge in [-0.15, -0.1) is 0 Å². The molecule has 0 amide bonds. The van der Waals surface area contributed by atoms with Crippen LogP contribution in [0.4, 0.5) is 0 Å². The maximum Gasteiger partial charge on any atom is 0.0858 e. The highest BCUT2D eigenvalue weighted by Gasteiger charge is 1.83. The summed E-state index contributed by atoms with van der Waals surface area (Å²) in [5, 5.41) is 16.0. The number of aliphatic hydroxyl groups excluding tert-OH is 2. The zero-order valence-electron chi connectivity index (χ0n) is 7.03. The molecule has 0 aromatic heterocycles. The van der Waals surface area contributed by atoms with E-state index in [4.69, 9.17) is 10.2 Å². The van der Waals surface area contributed by atoms with Crippen molar-refractivity contribution in [1.82, 2.24) is 0 Å². The molecular weight excluding hydrogens is 144 g/mol. The minimum absolute atomic E-state index is 0.139. The average molecular weight is 160 g/mol. The Kier molecular flexibility index (Phi) is 13.9. The molecule has 0 fully saturated rings. The van der Waals surface area contributed by atoms with Crippen LogP contribution in [0.15, 0.2) is 25.2 Å². The van der Waals surface area contributed by atoms with Crippen LogP contribution >= 0.6 is 0 Å². The van der Waals surface area contributed by atoms with Crippen molar-refractivity contribution in [2.75, 3.05) is 6.61 Å². The van der Waals surface area contributed by atoms with Crippen LogP contribution in [-0.4, -0.2) is 22.9 Å². The molecule has 0 aromatic rings. The van der Waals surface area contributed by atoms with E-state index in [1.165, 1.54) is 13.2 Å². The maximum absolute atomic E-state index is 8.11. The van der Waals surface area contributed by atoms with Crippen molar-refractivity contribution >= 4 is 0 Å². The minimum Gasteiger partial charge on any atom is -0.474 e. The topological polar surface area (TPSA) is 49.7 Å². The first-order chi connectivity index (χ1) is 5.18. The van der Waals surface area contributed by atoms with E-state index in [0.717, 1.165) is 0 Å². The third-order valence-electron chi connectivity index (χ3n) is 0.575. The Morgan fingerprint density at radius 1 is 1.64 bits per heavy atom. The summed E-state index contributed by atoms with van der Waals surface area (Å²) < 4.78 is 4.57. The Labute approximate surface area is 67.6 Å². The SMILES string of the molecule is C=CO/C=C\C.CC(O)CO. The summed E-state index contributed by atoms with van der Waals surface area (Å²) in [6.45, 7) is 6.59. The van der Waals surface area contributed by atoms with Crippen molar-refractivity contribution in [1.29, 1.82) is 0 Å². The van der Waals surface area contributed by atoms with Crippen molar-refractivity contribution in [3.05, 3.63) is 25.2 Å².